The van der Waals surface area contributed by atoms with Gasteiger partial charge in [-0.3, -0.25) is 19.2 Å². The van der Waals surface area contributed by atoms with Crippen LogP contribution >= 0.6 is 11.3 Å². The smallest absolute Gasteiger partial charge is 0.264 e. The Bertz CT molecular complexity index is 1180. The summed E-state index contributed by atoms with van der Waals surface area (Å²) in [7, 11) is 0. The van der Waals surface area contributed by atoms with Gasteiger partial charge in [0.15, 0.2) is 0 Å². The molecule has 0 bridgehead atoms. The summed E-state index contributed by atoms with van der Waals surface area (Å²) in [5.74, 6) is -0.154. The summed E-state index contributed by atoms with van der Waals surface area (Å²) in [5.41, 5.74) is 1.82. The number of carbonyl (C=O) groups is 2. The van der Waals surface area contributed by atoms with Crippen molar-refractivity contribution in [3.63, 3.8) is 0 Å². The average molecular weight is 486 g/mol. The molecule has 10 heteroatoms. The van der Waals surface area contributed by atoms with E-state index in [1.807, 2.05) is 27.5 Å². The van der Waals surface area contributed by atoms with Gasteiger partial charge >= 0.3 is 0 Å². The lowest BCUT2D eigenvalue weighted by molar-refractivity contribution is -0.134. The predicted molar refractivity (Wildman–Crippen MR) is 128 cm³/mol. The zero-order valence-corrected chi connectivity index (χ0v) is 20.0. The monoisotopic (exact) mass is 485 g/mol. The first-order valence-corrected chi connectivity index (χ1v) is 12.4. The van der Waals surface area contributed by atoms with Crippen LogP contribution in [0.2, 0.25) is 0 Å². The molecule has 2 saturated heterocycles. The van der Waals surface area contributed by atoms with Crippen LogP contribution in [0.3, 0.4) is 0 Å². The van der Waals surface area contributed by atoms with Crippen LogP contribution in [-0.2, 0) is 16.1 Å². The number of carbonyl (C=O) groups excluding carboxylic acids is 2. The number of ether oxygens (including phenoxy) is 1. The Morgan fingerprint density at radius 1 is 1.03 bits per heavy atom. The van der Waals surface area contributed by atoms with Crippen molar-refractivity contribution in [3.05, 3.63) is 52.3 Å². The second-order valence-electron chi connectivity index (χ2n) is 8.76. The molecule has 4 heterocycles. The molecule has 1 aromatic carbocycles. The third-order valence-corrected chi connectivity index (χ3v) is 7.58. The normalized spacial score (nSPS) is 17.5. The molecule has 0 N–H and O–H groups in total. The third kappa shape index (κ3) is 4.84. The number of piperazine rings is 1. The molecule has 5 rings (SSSR count). The van der Waals surface area contributed by atoms with Gasteiger partial charge in [0.2, 0.25) is 5.91 Å². The molecule has 2 aliphatic rings. The Morgan fingerprint density at radius 2 is 1.71 bits per heavy atom. The maximum absolute atomic E-state index is 13.2. The Balaban J connectivity index is 1.22. The van der Waals surface area contributed by atoms with Crippen LogP contribution in [0.15, 0.2) is 30.3 Å². The zero-order valence-electron chi connectivity index (χ0n) is 19.2. The van der Waals surface area contributed by atoms with Crippen LogP contribution < -0.4 is 0 Å². The van der Waals surface area contributed by atoms with Crippen LogP contribution in [0, 0.1) is 12.7 Å². The van der Waals surface area contributed by atoms with Gasteiger partial charge in [-0.25, -0.2) is 4.39 Å². The molecule has 3 aromatic rings. The van der Waals surface area contributed by atoms with Crippen molar-refractivity contribution >= 4 is 33.4 Å². The highest BCUT2D eigenvalue weighted by Crippen LogP contribution is 2.30. The number of halogens is 1. The minimum absolute atomic E-state index is 0.00536. The van der Waals surface area contributed by atoms with Gasteiger partial charge in [0, 0.05) is 44.7 Å². The standard InChI is InChI=1S/C24H28FN5O3S/c1-17-20-14-21(34-24(20)30(26-17)15-18-2-4-19(25)5-3-18)23(32)29-8-6-28(7-9-29)22(31)16-27-10-12-33-13-11-27/h2-5,14H,6-13,15-16H2,1H3. The van der Waals surface area contributed by atoms with E-state index in [0.717, 1.165) is 34.6 Å². The highest BCUT2D eigenvalue weighted by molar-refractivity contribution is 7.20. The molecule has 2 fully saturated rings. The summed E-state index contributed by atoms with van der Waals surface area (Å²) in [4.78, 5) is 33.3. The summed E-state index contributed by atoms with van der Waals surface area (Å²) >= 11 is 1.44. The minimum atomic E-state index is -0.266. The van der Waals surface area contributed by atoms with E-state index in [0.29, 0.717) is 57.4 Å². The predicted octanol–water partition coefficient (Wildman–Crippen LogP) is 2.21. The first kappa shape index (κ1) is 22.9. The summed E-state index contributed by atoms with van der Waals surface area (Å²) in [6.45, 7) is 7.95. The molecule has 0 atom stereocenters. The van der Waals surface area contributed by atoms with E-state index in [2.05, 4.69) is 10.00 Å². The lowest BCUT2D eigenvalue weighted by Crippen LogP contribution is -2.53. The molecule has 2 aromatic heterocycles. The Hall–Kier alpha value is -2.82. The van der Waals surface area contributed by atoms with Crippen molar-refractivity contribution in [3.8, 4) is 0 Å². The number of benzene rings is 1. The molecular weight excluding hydrogens is 457 g/mol. The SMILES string of the molecule is Cc1nn(Cc2ccc(F)cc2)c2sc(C(=O)N3CCN(C(=O)CN4CCOCC4)CC3)cc12. The van der Waals surface area contributed by atoms with Gasteiger partial charge < -0.3 is 14.5 Å². The van der Waals surface area contributed by atoms with Gasteiger partial charge in [0.25, 0.3) is 5.91 Å². The number of fused-ring (bicyclic) bond motifs is 1. The van der Waals surface area contributed by atoms with E-state index >= 15 is 0 Å². The fourth-order valence-corrected chi connectivity index (χ4v) is 5.58. The fourth-order valence-electron chi connectivity index (χ4n) is 4.45. The number of amides is 2. The van der Waals surface area contributed by atoms with Gasteiger partial charge in [-0.2, -0.15) is 5.10 Å². The number of aryl methyl sites for hydroxylation is 1. The van der Waals surface area contributed by atoms with Gasteiger partial charge in [-0.1, -0.05) is 12.1 Å². The lowest BCUT2D eigenvalue weighted by Gasteiger charge is -2.36. The molecule has 0 aliphatic carbocycles. The molecular formula is C24H28FN5O3S. The van der Waals surface area contributed by atoms with E-state index in [1.165, 1.54) is 23.5 Å². The van der Waals surface area contributed by atoms with E-state index in [-0.39, 0.29) is 17.6 Å². The van der Waals surface area contributed by atoms with Gasteiger partial charge in [0.05, 0.1) is 36.9 Å². The van der Waals surface area contributed by atoms with Crippen molar-refractivity contribution in [2.24, 2.45) is 0 Å². The molecule has 2 amide bonds. The molecule has 0 saturated carbocycles. The first-order valence-electron chi connectivity index (χ1n) is 11.6. The fraction of sp³-hybridized carbons (Fsp3) is 0.458. The third-order valence-electron chi connectivity index (χ3n) is 6.45. The van der Waals surface area contributed by atoms with Gasteiger partial charge in [-0.05, 0) is 30.7 Å². The number of rotatable bonds is 5. The zero-order chi connectivity index (χ0) is 23.7. The Kier molecular flexibility index (Phi) is 6.62. The van der Waals surface area contributed by atoms with E-state index in [9.17, 15) is 14.0 Å². The second-order valence-corrected chi connectivity index (χ2v) is 9.79. The van der Waals surface area contributed by atoms with Crippen LogP contribution in [-0.4, -0.2) is 95.3 Å². The average Bonchev–Trinajstić information content (AvgIpc) is 3.42. The van der Waals surface area contributed by atoms with Crippen molar-refractivity contribution in [2.75, 3.05) is 59.0 Å². The second kappa shape index (κ2) is 9.81. The molecule has 0 spiro atoms. The first-order chi connectivity index (χ1) is 16.5. The summed E-state index contributed by atoms with van der Waals surface area (Å²) in [6.07, 6.45) is 0. The number of hydrogen-bond acceptors (Lipinski definition) is 6. The van der Waals surface area contributed by atoms with Crippen molar-refractivity contribution in [1.82, 2.24) is 24.5 Å². The van der Waals surface area contributed by atoms with Crippen molar-refractivity contribution < 1.29 is 18.7 Å². The van der Waals surface area contributed by atoms with Crippen LogP contribution in [0.4, 0.5) is 4.39 Å². The number of thiophene rings is 1. The highest BCUT2D eigenvalue weighted by Gasteiger charge is 2.27. The minimum Gasteiger partial charge on any atom is -0.379 e. The van der Waals surface area contributed by atoms with E-state index in [1.54, 1.807) is 12.1 Å². The Morgan fingerprint density at radius 3 is 2.41 bits per heavy atom. The van der Waals surface area contributed by atoms with Crippen molar-refractivity contribution in [1.29, 1.82) is 0 Å². The molecule has 0 radical (unpaired) electrons. The lowest BCUT2D eigenvalue weighted by atomic mass is 10.2. The number of aromatic nitrogens is 2. The summed E-state index contributed by atoms with van der Waals surface area (Å²) < 4.78 is 20.5. The number of nitrogens with zero attached hydrogens (tertiary/aromatic N) is 5. The van der Waals surface area contributed by atoms with E-state index in [4.69, 9.17) is 4.74 Å². The molecule has 2 aliphatic heterocycles. The summed E-state index contributed by atoms with van der Waals surface area (Å²) in [5, 5.41) is 5.58. The number of morpholine rings is 1. The van der Waals surface area contributed by atoms with Gasteiger partial charge in [-0.15, -0.1) is 11.3 Å². The summed E-state index contributed by atoms with van der Waals surface area (Å²) in [6, 6.07) is 8.30. The topological polar surface area (TPSA) is 70.9 Å². The van der Waals surface area contributed by atoms with Crippen LogP contribution in [0.1, 0.15) is 20.9 Å². The molecule has 180 valence electrons. The quantitative estimate of drug-likeness (QED) is 0.554. The number of hydrogen-bond donors (Lipinski definition) is 0. The van der Waals surface area contributed by atoms with Crippen LogP contribution in [0.25, 0.3) is 10.2 Å². The van der Waals surface area contributed by atoms with E-state index < -0.39 is 0 Å². The Labute approximate surface area is 201 Å². The van der Waals surface area contributed by atoms with Crippen molar-refractivity contribution in [2.45, 2.75) is 13.5 Å². The van der Waals surface area contributed by atoms with Gasteiger partial charge in [0.1, 0.15) is 10.6 Å². The largest absolute Gasteiger partial charge is 0.379 e. The molecule has 8 nitrogen and oxygen atoms in total. The maximum Gasteiger partial charge on any atom is 0.264 e. The molecule has 0 unspecified atom stereocenters. The maximum atomic E-state index is 13.2. The molecule has 34 heavy (non-hydrogen) atoms. The van der Waals surface area contributed by atoms with Crippen LogP contribution in [0.5, 0.6) is 0 Å². The highest BCUT2D eigenvalue weighted by atomic mass is 32.1.